The first-order valence-electron chi connectivity index (χ1n) is 7.37. The van der Waals surface area contributed by atoms with Gasteiger partial charge in [0.15, 0.2) is 0 Å². The molecule has 20 heavy (non-hydrogen) atoms. The number of aliphatic carboxylic acids is 1. The van der Waals surface area contributed by atoms with Crippen LogP contribution >= 0.6 is 11.6 Å². The lowest BCUT2D eigenvalue weighted by molar-refractivity contribution is -0.142. The standard InChI is InChI=1S/C16H20ClNO2/c1-2-14(10-3-5-11(17)6-4-10)18-12-7-8-15(18)13(9-12)16(19)20/h3-6,12-15H,2,7-9H2,1H3,(H,19,20). The van der Waals surface area contributed by atoms with Crippen LogP contribution in [-0.4, -0.2) is 28.1 Å². The fourth-order valence-corrected chi connectivity index (χ4v) is 4.21. The molecule has 4 heteroatoms. The number of fused-ring (bicyclic) bond motifs is 2. The van der Waals surface area contributed by atoms with E-state index in [2.05, 4.69) is 24.0 Å². The Morgan fingerprint density at radius 2 is 2.10 bits per heavy atom. The van der Waals surface area contributed by atoms with Crippen LogP contribution in [0.3, 0.4) is 0 Å². The Balaban J connectivity index is 1.87. The summed E-state index contributed by atoms with van der Waals surface area (Å²) in [5.74, 6) is -0.816. The van der Waals surface area contributed by atoms with Crippen molar-refractivity contribution in [3.8, 4) is 0 Å². The summed E-state index contributed by atoms with van der Waals surface area (Å²) >= 11 is 5.96. The van der Waals surface area contributed by atoms with Crippen LogP contribution in [0.1, 0.15) is 44.2 Å². The highest BCUT2D eigenvalue weighted by atomic mass is 35.5. The Kier molecular flexibility index (Phi) is 3.74. The summed E-state index contributed by atoms with van der Waals surface area (Å²) in [5, 5.41) is 10.1. The van der Waals surface area contributed by atoms with Gasteiger partial charge >= 0.3 is 5.97 Å². The number of hydrogen-bond donors (Lipinski definition) is 1. The molecule has 0 radical (unpaired) electrons. The first-order chi connectivity index (χ1) is 9.61. The van der Waals surface area contributed by atoms with Gasteiger partial charge in [0.05, 0.1) is 5.92 Å². The van der Waals surface area contributed by atoms with Gasteiger partial charge in [0.2, 0.25) is 0 Å². The molecule has 0 aromatic heterocycles. The Morgan fingerprint density at radius 3 is 2.65 bits per heavy atom. The molecule has 2 aliphatic rings. The summed E-state index contributed by atoms with van der Waals surface area (Å²) in [6, 6.07) is 8.95. The van der Waals surface area contributed by atoms with Crippen LogP contribution in [0.15, 0.2) is 24.3 Å². The highest BCUT2D eigenvalue weighted by Crippen LogP contribution is 2.47. The van der Waals surface area contributed by atoms with Crippen LogP contribution in [0.5, 0.6) is 0 Å². The number of halogens is 1. The van der Waals surface area contributed by atoms with E-state index in [9.17, 15) is 9.90 Å². The number of carboxylic acid groups (broad SMARTS) is 1. The van der Waals surface area contributed by atoms with Crippen LogP contribution in [0.2, 0.25) is 5.02 Å². The maximum atomic E-state index is 11.4. The average Bonchev–Trinajstić information content (AvgIpc) is 3.00. The normalized spacial score (nSPS) is 30.6. The van der Waals surface area contributed by atoms with E-state index in [1.54, 1.807) is 0 Å². The summed E-state index contributed by atoms with van der Waals surface area (Å²) in [5.41, 5.74) is 1.25. The van der Waals surface area contributed by atoms with Crippen molar-refractivity contribution < 1.29 is 9.90 Å². The highest BCUT2D eigenvalue weighted by Gasteiger charge is 2.51. The van der Waals surface area contributed by atoms with Crippen molar-refractivity contribution in [2.24, 2.45) is 5.92 Å². The minimum Gasteiger partial charge on any atom is -0.481 e. The van der Waals surface area contributed by atoms with Gasteiger partial charge in [-0.15, -0.1) is 0 Å². The van der Waals surface area contributed by atoms with Gasteiger partial charge in [0.1, 0.15) is 0 Å². The van der Waals surface area contributed by atoms with Crippen molar-refractivity contribution in [1.82, 2.24) is 4.90 Å². The second kappa shape index (κ2) is 5.38. The van der Waals surface area contributed by atoms with Crippen LogP contribution < -0.4 is 0 Å². The van der Waals surface area contributed by atoms with Gasteiger partial charge in [-0.3, -0.25) is 9.69 Å². The van der Waals surface area contributed by atoms with E-state index in [1.807, 2.05) is 12.1 Å². The molecule has 1 aromatic carbocycles. The highest BCUT2D eigenvalue weighted by molar-refractivity contribution is 6.30. The minimum atomic E-state index is -0.631. The average molecular weight is 294 g/mol. The van der Waals surface area contributed by atoms with E-state index in [0.29, 0.717) is 12.1 Å². The van der Waals surface area contributed by atoms with Crippen LogP contribution in [0.25, 0.3) is 0 Å². The van der Waals surface area contributed by atoms with Gasteiger partial charge in [-0.2, -0.15) is 0 Å². The molecule has 2 bridgehead atoms. The third kappa shape index (κ3) is 2.23. The molecule has 0 saturated carbocycles. The van der Waals surface area contributed by atoms with Crippen molar-refractivity contribution in [2.75, 3.05) is 0 Å². The lowest BCUT2D eigenvalue weighted by atomic mass is 9.89. The molecule has 0 amide bonds. The Bertz CT molecular complexity index is 502. The lowest BCUT2D eigenvalue weighted by Crippen LogP contribution is -2.35. The Morgan fingerprint density at radius 1 is 1.40 bits per heavy atom. The lowest BCUT2D eigenvalue weighted by Gasteiger charge is -2.32. The SMILES string of the molecule is CCC(c1ccc(Cl)cc1)N1C2CCC1C(C(=O)O)C2. The summed E-state index contributed by atoms with van der Waals surface area (Å²) in [7, 11) is 0. The molecule has 2 fully saturated rings. The third-order valence-corrected chi connectivity index (χ3v) is 5.16. The fraction of sp³-hybridized carbons (Fsp3) is 0.562. The van der Waals surface area contributed by atoms with E-state index in [4.69, 9.17) is 11.6 Å². The van der Waals surface area contributed by atoms with Crippen molar-refractivity contribution in [2.45, 2.75) is 50.7 Å². The largest absolute Gasteiger partial charge is 0.481 e. The van der Waals surface area contributed by atoms with E-state index in [-0.39, 0.29) is 12.0 Å². The summed E-state index contributed by atoms with van der Waals surface area (Å²) in [6.45, 7) is 2.17. The molecule has 2 aliphatic heterocycles. The number of carbonyl (C=O) groups is 1. The second-order valence-electron chi connectivity index (χ2n) is 5.90. The zero-order valence-electron chi connectivity index (χ0n) is 11.6. The van der Waals surface area contributed by atoms with Crippen LogP contribution in [0, 0.1) is 5.92 Å². The first-order valence-corrected chi connectivity index (χ1v) is 7.75. The monoisotopic (exact) mass is 293 g/mol. The van der Waals surface area contributed by atoms with Crippen molar-refractivity contribution in [3.05, 3.63) is 34.9 Å². The van der Waals surface area contributed by atoms with Gasteiger partial charge in [0.25, 0.3) is 0 Å². The maximum Gasteiger partial charge on any atom is 0.308 e. The molecule has 0 aliphatic carbocycles. The van der Waals surface area contributed by atoms with E-state index >= 15 is 0 Å². The molecule has 3 nitrogen and oxygen atoms in total. The summed E-state index contributed by atoms with van der Waals surface area (Å²) in [4.78, 5) is 13.8. The van der Waals surface area contributed by atoms with Gasteiger partial charge in [-0.25, -0.2) is 0 Å². The number of benzene rings is 1. The minimum absolute atomic E-state index is 0.185. The third-order valence-electron chi connectivity index (χ3n) is 4.91. The molecule has 1 N–H and O–H groups in total. The molecule has 4 unspecified atom stereocenters. The Hall–Kier alpha value is -1.06. The van der Waals surface area contributed by atoms with Crippen LogP contribution in [0.4, 0.5) is 0 Å². The summed E-state index contributed by atoms with van der Waals surface area (Å²) < 4.78 is 0. The fourth-order valence-electron chi connectivity index (χ4n) is 4.09. The molecular formula is C16H20ClNO2. The molecule has 4 atom stereocenters. The van der Waals surface area contributed by atoms with Gasteiger partial charge in [-0.05, 0) is 43.4 Å². The molecule has 108 valence electrons. The first kappa shape index (κ1) is 13.9. The van der Waals surface area contributed by atoms with E-state index in [0.717, 1.165) is 30.7 Å². The van der Waals surface area contributed by atoms with Gasteiger partial charge in [-0.1, -0.05) is 30.7 Å². The maximum absolute atomic E-state index is 11.4. The molecule has 0 spiro atoms. The van der Waals surface area contributed by atoms with Crippen LogP contribution in [-0.2, 0) is 4.79 Å². The predicted molar refractivity (Wildman–Crippen MR) is 78.9 cm³/mol. The zero-order chi connectivity index (χ0) is 14.3. The van der Waals surface area contributed by atoms with Gasteiger partial charge < -0.3 is 5.11 Å². The second-order valence-corrected chi connectivity index (χ2v) is 6.34. The number of rotatable bonds is 4. The molecule has 3 rings (SSSR count). The molecular weight excluding hydrogens is 274 g/mol. The molecule has 2 heterocycles. The van der Waals surface area contributed by atoms with E-state index < -0.39 is 5.97 Å². The predicted octanol–water partition coefficient (Wildman–Crippen LogP) is 3.73. The smallest absolute Gasteiger partial charge is 0.308 e. The number of nitrogens with zero attached hydrogens (tertiary/aromatic N) is 1. The van der Waals surface area contributed by atoms with Crippen molar-refractivity contribution in [1.29, 1.82) is 0 Å². The quantitative estimate of drug-likeness (QED) is 0.919. The topological polar surface area (TPSA) is 40.5 Å². The summed E-state index contributed by atoms with van der Waals surface area (Å²) in [6.07, 6.45) is 3.97. The Labute approximate surface area is 124 Å². The number of carboxylic acids is 1. The van der Waals surface area contributed by atoms with Crippen molar-refractivity contribution in [3.63, 3.8) is 0 Å². The zero-order valence-corrected chi connectivity index (χ0v) is 12.4. The van der Waals surface area contributed by atoms with Crippen molar-refractivity contribution >= 4 is 17.6 Å². The van der Waals surface area contributed by atoms with Gasteiger partial charge in [0, 0.05) is 23.1 Å². The van der Waals surface area contributed by atoms with E-state index in [1.165, 1.54) is 5.56 Å². The molecule has 1 aromatic rings. The number of hydrogen-bond acceptors (Lipinski definition) is 2. The molecule has 2 saturated heterocycles.